The van der Waals surface area contributed by atoms with Gasteiger partial charge in [0.05, 0.1) is 0 Å². The largest absolute Gasteiger partial charge is 0.246 e. The van der Waals surface area contributed by atoms with Crippen molar-refractivity contribution in [1.82, 2.24) is 4.31 Å². The first kappa shape index (κ1) is 5.19. The summed E-state index contributed by atoms with van der Waals surface area (Å²) >= 11 is 1.78. The second-order valence-electron chi connectivity index (χ2n) is 1.86. The van der Waals surface area contributed by atoms with E-state index in [9.17, 15) is 0 Å². The highest BCUT2D eigenvalue weighted by Gasteiger charge is 2.03. The van der Waals surface area contributed by atoms with Crippen molar-refractivity contribution in [1.29, 1.82) is 0 Å². The topological polar surface area (TPSA) is 3.24 Å². The van der Waals surface area contributed by atoms with E-state index in [4.69, 9.17) is 0 Å². The fourth-order valence-corrected chi connectivity index (χ4v) is 1.32. The van der Waals surface area contributed by atoms with Crippen molar-refractivity contribution in [2.45, 2.75) is 6.92 Å². The van der Waals surface area contributed by atoms with Crippen LogP contribution in [0.1, 0.15) is 6.92 Å². The molecular weight excluding hydrogens is 106 g/mol. The molecule has 0 aromatic carbocycles. The summed E-state index contributed by atoms with van der Waals surface area (Å²) in [7, 11) is 2.09. The molecule has 40 valence electrons. The molecule has 0 fully saturated rings. The Balaban J connectivity index is 2.42. The Morgan fingerprint density at radius 3 is 2.71 bits per heavy atom. The fourth-order valence-electron chi connectivity index (χ4n) is 0.606. The van der Waals surface area contributed by atoms with E-state index in [0.29, 0.717) is 0 Å². The smallest absolute Gasteiger partial charge is 0.0305 e. The first-order valence-corrected chi connectivity index (χ1v) is 3.16. The molecule has 1 aliphatic rings. The van der Waals surface area contributed by atoms with Crippen LogP contribution < -0.4 is 0 Å². The van der Waals surface area contributed by atoms with E-state index < -0.39 is 0 Å². The van der Waals surface area contributed by atoms with Crippen LogP contribution in [0.2, 0.25) is 0 Å². The molecule has 2 heteroatoms. The molecule has 0 bridgehead atoms. The third-order valence-corrected chi connectivity index (χ3v) is 1.90. The highest BCUT2D eigenvalue weighted by Crippen LogP contribution is 2.19. The molecule has 1 nitrogen and oxygen atoms in total. The fraction of sp³-hybridized carbons (Fsp3) is 0.600. The molecule has 0 aliphatic carbocycles. The molecule has 0 spiro atoms. The second kappa shape index (κ2) is 1.88. The number of rotatable bonds is 0. The van der Waals surface area contributed by atoms with Crippen LogP contribution in [0.3, 0.4) is 0 Å². The Morgan fingerprint density at radius 1 is 1.86 bits per heavy atom. The Kier molecular flexibility index (Phi) is 1.40. The standard InChI is InChI=1S/C5H9NS/c1-5-3-6(2)7-4-5/h4H,3H2,1-2H3. The van der Waals surface area contributed by atoms with Crippen LogP contribution >= 0.6 is 11.9 Å². The zero-order valence-corrected chi connectivity index (χ0v) is 5.46. The molecule has 0 atom stereocenters. The van der Waals surface area contributed by atoms with Gasteiger partial charge in [-0.15, -0.1) is 0 Å². The third-order valence-electron chi connectivity index (χ3n) is 0.906. The van der Waals surface area contributed by atoms with E-state index in [1.54, 1.807) is 11.9 Å². The second-order valence-corrected chi connectivity index (χ2v) is 2.93. The summed E-state index contributed by atoms with van der Waals surface area (Å²) in [5.74, 6) is 0. The molecule has 0 amide bonds. The van der Waals surface area contributed by atoms with E-state index in [0.717, 1.165) is 6.54 Å². The minimum absolute atomic E-state index is 1.13. The maximum absolute atomic E-state index is 2.20. The summed E-state index contributed by atoms with van der Waals surface area (Å²) < 4.78 is 2.20. The van der Waals surface area contributed by atoms with Crippen LogP contribution in [0, 0.1) is 0 Å². The monoisotopic (exact) mass is 115 g/mol. The van der Waals surface area contributed by atoms with Crippen LogP contribution in [0.15, 0.2) is 11.0 Å². The van der Waals surface area contributed by atoms with Crippen LogP contribution in [0.4, 0.5) is 0 Å². The first-order valence-electron chi connectivity index (χ1n) is 2.32. The average Bonchev–Trinajstić information content (AvgIpc) is 1.87. The summed E-state index contributed by atoms with van der Waals surface area (Å²) in [4.78, 5) is 0. The molecule has 1 heterocycles. The van der Waals surface area contributed by atoms with Gasteiger partial charge in [-0.2, -0.15) is 0 Å². The molecule has 0 aromatic heterocycles. The Hall–Kier alpha value is 0.0500. The summed E-state index contributed by atoms with van der Waals surface area (Å²) in [6.45, 7) is 3.28. The zero-order valence-electron chi connectivity index (χ0n) is 4.64. The van der Waals surface area contributed by atoms with E-state index in [1.165, 1.54) is 5.57 Å². The lowest BCUT2D eigenvalue weighted by Crippen LogP contribution is -2.03. The van der Waals surface area contributed by atoms with Crippen molar-refractivity contribution >= 4 is 11.9 Å². The average molecular weight is 115 g/mol. The summed E-state index contributed by atoms with van der Waals surface area (Å²) in [6, 6.07) is 0. The summed E-state index contributed by atoms with van der Waals surface area (Å²) in [6.07, 6.45) is 0. The highest BCUT2D eigenvalue weighted by molar-refractivity contribution is 8.00. The number of nitrogens with zero attached hydrogens (tertiary/aromatic N) is 1. The van der Waals surface area contributed by atoms with Gasteiger partial charge in [-0.25, -0.2) is 4.31 Å². The summed E-state index contributed by atoms with van der Waals surface area (Å²) in [5.41, 5.74) is 1.47. The van der Waals surface area contributed by atoms with Crippen LogP contribution in [0.5, 0.6) is 0 Å². The zero-order chi connectivity index (χ0) is 5.28. The highest BCUT2D eigenvalue weighted by atomic mass is 32.2. The van der Waals surface area contributed by atoms with Gasteiger partial charge in [0.25, 0.3) is 0 Å². The minimum atomic E-state index is 1.13. The number of hydrogen-bond donors (Lipinski definition) is 0. The van der Waals surface area contributed by atoms with Crippen LogP contribution in [-0.4, -0.2) is 17.9 Å². The SMILES string of the molecule is CC1=CSN(C)C1. The normalized spacial score (nSPS) is 22.9. The van der Waals surface area contributed by atoms with Crippen LogP contribution in [-0.2, 0) is 0 Å². The molecular formula is C5H9NS. The molecule has 0 saturated heterocycles. The van der Waals surface area contributed by atoms with Crippen molar-refractivity contribution in [2.75, 3.05) is 13.6 Å². The Bertz CT molecular complexity index is 98.3. The van der Waals surface area contributed by atoms with Crippen molar-refractivity contribution < 1.29 is 0 Å². The number of hydrogen-bond acceptors (Lipinski definition) is 2. The van der Waals surface area contributed by atoms with Gasteiger partial charge in [-0.1, -0.05) is 17.5 Å². The molecule has 0 unspecified atom stereocenters. The molecule has 0 saturated carbocycles. The van der Waals surface area contributed by atoms with Gasteiger partial charge in [0, 0.05) is 6.54 Å². The van der Waals surface area contributed by atoms with Crippen molar-refractivity contribution in [2.24, 2.45) is 0 Å². The lowest BCUT2D eigenvalue weighted by molar-refractivity contribution is 0.633. The maximum atomic E-state index is 2.20. The van der Waals surface area contributed by atoms with Crippen molar-refractivity contribution in [3.8, 4) is 0 Å². The van der Waals surface area contributed by atoms with E-state index in [1.807, 2.05) is 0 Å². The van der Waals surface area contributed by atoms with Gasteiger partial charge in [-0.05, 0) is 19.4 Å². The molecule has 0 aromatic rings. The van der Waals surface area contributed by atoms with E-state index in [-0.39, 0.29) is 0 Å². The molecule has 1 aliphatic heterocycles. The maximum Gasteiger partial charge on any atom is 0.0305 e. The van der Waals surface area contributed by atoms with Gasteiger partial charge in [0.15, 0.2) is 0 Å². The van der Waals surface area contributed by atoms with Crippen molar-refractivity contribution in [3.63, 3.8) is 0 Å². The lowest BCUT2D eigenvalue weighted by Gasteiger charge is -2.01. The van der Waals surface area contributed by atoms with Gasteiger partial charge >= 0.3 is 0 Å². The van der Waals surface area contributed by atoms with E-state index >= 15 is 0 Å². The Labute approximate surface area is 48.5 Å². The summed E-state index contributed by atoms with van der Waals surface area (Å²) in [5, 5.41) is 2.18. The third kappa shape index (κ3) is 1.21. The minimum Gasteiger partial charge on any atom is -0.246 e. The number of likely N-dealkylation sites (N-methyl/N-ethyl adjacent to an activating group) is 1. The quantitative estimate of drug-likeness (QED) is 0.440. The van der Waals surface area contributed by atoms with Gasteiger partial charge < -0.3 is 0 Å². The molecule has 0 radical (unpaired) electrons. The molecule has 7 heavy (non-hydrogen) atoms. The molecule has 1 rings (SSSR count). The first-order chi connectivity index (χ1) is 3.29. The lowest BCUT2D eigenvalue weighted by atomic mass is 10.4. The predicted octanol–water partition coefficient (Wildman–Crippen LogP) is 1.48. The van der Waals surface area contributed by atoms with Gasteiger partial charge in [-0.3, -0.25) is 0 Å². The van der Waals surface area contributed by atoms with Crippen LogP contribution in [0.25, 0.3) is 0 Å². The van der Waals surface area contributed by atoms with Crippen molar-refractivity contribution in [3.05, 3.63) is 11.0 Å². The predicted molar refractivity (Wildman–Crippen MR) is 34.0 cm³/mol. The Morgan fingerprint density at radius 2 is 2.57 bits per heavy atom. The van der Waals surface area contributed by atoms with Gasteiger partial charge in [0.2, 0.25) is 0 Å². The van der Waals surface area contributed by atoms with E-state index in [2.05, 4.69) is 23.7 Å². The molecule has 0 N–H and O–H groups in total. The van der Waals surface area contributed by atoms with Gasteiger partial charge in [0.1, 0.15) is 0 Å².